The molecule has 1 aromatic rings. The predicted octanol–water partition coefficient (Wildman–Crippen LogP) is -0.0635. The fourth-order valence-electron chi connectivity index (χ4n) is 1.86. The Labute approximate surface area is 110 Å². The highest BCUT2D eigenvalue weighted by molar-refractivity contribution is 5.89. The van der Waals surface area contributed by atoms with Crippen molar-refractivity contribution in [1.29, 1.82) is 0 Å². The minimum atomic E-state index is -1.15. The summed E-state index contributed by atoms with van der Waals surface area (Å²) in [6.07, 6.45) is -4.00. The van der Waals surface area contributed by atoms with Gasteiger partial charge >= 0.3 is 5.97 Å². The number of aliphatic hydroxyl groups is 2. The van der Waals surface area contributed by atoms with E-state index in [2.05, 4.69) is 0 Å². The molecule has 1 saturated heterocycles. The van der Waals surface area contributed by atoms with Crippen LogP contribution in [-0.4, -0.2) is 54.5 Å². The molecule has 0 unspecified atom stereocenters. The van der Waals surface area contributed by atoms with Crippen molar-refractivity contribution in [2.75, 3.05) is 13.7 Å². The van der Waals surface area contributed by atoms with Gasteiger partial charge in [0.05, 0.1) is 5.56 Å². The van der Waals surface area contributed by atoms with Crippen molar-refractivity contribution in [3.8, 4) is 0 Å². The molecular formula is C13H16O6. The Morgan fingerprint density at radius 2 is 1.95 bits per heavy atom. The lowest BCUT2D eigenvalue weighted by molar-refractivity contribution is -0.153. The van der Waals surface area contributed by atoms with Gasteiger partial charge in [-0.25, -0.2) is 4.79 Å². The van der Waals surface area contributed by atoms with E-state index in [0.29, 0.717) is 5.56 Å². The molecule has 2 N–H and O–H groups in total. The molecule has 0 saturated carbocycles. The molecule has 1 fully saturated rings. The molecule has 104 valence electrons. The summed E-state index contributed by atoms with van der Waals surface area (Å²) in [5.41, 5.74) is 0.416. The maximum atomic E-state index is 11.7. The molecule has 1 heterocycles. The summed E-state index contributed by atoms with van der Waals surface area (Å²) < 4.78 is 15.1. The number of hydrogen-bond donors (Lipinski definition) is 2. The summed E-state index contributed by atoms with van der Waals surface area (Å²) in [7, 11) is 1.36. The summed E-state index contributed by atoms with van der Waals surface area (Å²) in [5.74, 6) is -0.508. The van der Waals surface area contributed by atoms with Crippen LogP contribution in [0.3, 0.4) is 0 Å². The van der Waals surface area contributed by atoms with Gasteiger partial charge in [0.15, 0.2) is 6.29 Å². The van der Waals surface area contributed by atoms with E-state index >= 15 is 0 Å². The maximum absolute atomic E-state index is 11.7. The summed E-state index contributed by atoms with van der Waals surface area (Å²) in [5, 5.41) is 19.3. The predicted molar refractivity (Wildman–Crippen MR) is 64.4 cm³/mol. The molecular weight excluding hydrogens is 252 g/mol. The van der Waals surface area contributed by atoms with Crippen molar-refractivity contribution in [2.45, 2.75) is 24.6 Å². The average Bonchev–Trinajstić information content (AvgIpc) is 2.73. The van der Waals surface area contributed by atoms with E-state index in [-0.39, 0.29) is 6.61 Å². The molecule has 1 aliphatic rings. The second-order valence-electron chi connectivity index (χ2n) is 4.22. The number of methoxy groups -OCH3 is 1. The smallest absolute Gasteiger partial charge is 0.338 e. The van der Waals surface area contributed by atoms with Crippen LogP contribution in [-0.2, 0) is 14.2 Å². The third-order valence-corrected chi connectivity index (χ3v) is 2.94. The lowest BCUT2D eigenvalue weighted by Crippen LogP contribution is -2.35. The SMILES string of the molecule is CO[C@@H]1O[C@H](COC(=O)c2ccccc2)[C@@H](O)[C@@H]1O. The number of benzene rings is 1. The number of carbonyl (C=O) groups excluding carboxylic acids is 1. The van der Waals surface area contributed by atoms with E-state index in [1.54, 1.807) is 30.3 Å². The highest BCUT2D eigenvalue weighted by Gasteiger charge is 2.43. The summed E-state index contributed by atoms with van der Waals surface area (Å²) in [6, 6.07) is 8.49. The Morgan fingerprint density at radius 1 is 1.26 bits per heavy atom. The van der Waals surface area contributed by atoms with Crippen LogP contribution in [0, 0.1) is 0 Å². The Bertz CT molecular complexity index is 420. The third-order valence-electron chi connectivity index (χ3n) is 2.94. The van der Waals surface area contributed by atoms with E-state index in [1.807, 2.05) is 0 Å². The molecule has 19 heavy (non-hydrogen) atoms. The number of aliphatic hydroxyl groups excluding tert-OH is 2. The van der Waals surface area contributed by atoms with E-state index in [4.69, 9.17) is 14.2 Å². The van der Waals surface area contributed by atoms with Gasteiger partial charge in [-0.05, 0) is 12.1 Å². The van der Waals surface area contributed by atoms with Crippen molar-refractivity contribution in [2.24, 2.45) is 0 Å². The zero-order chi connectivity index (χ0) is 13.8. The normalized spacial score (nSPS) is 30.3. The molecule has 4 atom stereocenters. The number of hydrogen-bond acceptors (Lipinski definition) is 6. The second-order valence-corrected chi connectivity index (χ2v) is 4.22. The van der Waals surface area contributed by atoms with E-state index in [0.717, 1.165) is 0 Å². The quantitative estimate of drug-likeness (QED) is 0.744. The number of esters is 1. The largest absolute Gasteiger partial charge is 0.459 e. The van der Waals surface area contributed by atoms with Gasteiger partial charge in [-0.1, -0.05) is 18.2 Å². The van der Waals surface area contributed by atoms with Crippen molar-refractivity contribution in [3.63, 3.8) is 0 Å². The van der Waals surface area contributed by atoms with Gasteiger partial charge in [-0.3, -0.25) is 0 Å². The van der Waals surface area contributed by atoms with Crippen LogP contribution in [0.25, 0.3) is 0 Å². The van der Waals surface area contributed by atoms with Crippen molar-refractivity contribution >= 4 is 5.97 Å². The Hall–Kier alpha value is -1.47. The molecule has 6 heteroatoms. The first kappa shape index (κ1) is 14.0. The van der Waals surface area contributed by atoms with Crippen LogP contribution in [0.2, 0.25) is 0 Å². The minimum Gasteiger partial charge on any atom is -0.459 e. The van der Waals surface area contributed by atoms with Gasteiger partial charge in [-0.15, -0.1) is 0 Å². The first-order valence-electron chi connectivity index (χ1n) is 5.90. The second kappa shape index (κ2) is 6.12. The van der Waals surface area contributed by atoms with Gasteiger partial charge in [-0.2, -0.15) is 0 Å². The fourth-order valence-corrected chi connectivity index (χ4v) is 1.86. The molecule has 0 radical (unpaired) electrons. The van der Waals surface area contributed by atoms with Crippen molar-refractivity contribution < 1.29 is 29.2 Å². The first-order valence-corrected chi connectivity index (χ1v) is 5.90. The Balaban J connectivity index is 1.88. The van der Waals surface area contributed by atoms with Crippen molar-refractivity contribution in [3.05, 3.63) is 35.9 Å². The summed E-state index contributed by atoms with van der Waals surface area (Å²) >= 11 is 0. The molecule has 0 spiro atoms. The molecule has 0 aromatic heterocycles. The molecule has 2 rings (SSSR count). The monoisotopic (exact) mass is 268 g/mol. The Kier molecular flexibility index (Phi) is 4.49. The van der Waals surface area contributed by atoms with Crippen LogP contribution >= 0.6 is 0 Å². The van der Waals surface area contributed by atoms with Crippen LogP contribution in [0.15, 0.2) is 30.3 Å². The van der Waals surface area contributed by atoms with Gasteiger partial charge in [0.1, 0.15) is 24.9 Å². The number of ether oxygens (including phenoxy) is 3. The average molecular weight is 268 g/mol. The Morgan fingerprint density at radius 3 is 2.53 bits per heavy atom. The van der Waals surface area contributed by atoms with Crippen molar-refractivity contribution in [1.82, 2.24) is 0 Å². The van der Waals surface area contributed by atoms with Crippen LogP contribution in [0.5, 0.6) is 0 Å². The standard InChI is InChI=1S/C13H16O6/c1-17-13-11(15)10(14)9(19-13)7-18-12(16)8-5-3-2-4-6-8/h2-6,9-11,13-15H,7H2,1H3/t9-,10-,11+,13-/m1/s1. The van der Waals surface area contributed by atoms with Crippen LogP contribution in [0.1, 0.15) is 10.4 Å². The lowest BCUT2D eigenvalue weighted by atomic mass is 10.1. The molecule has 1 aromatic carbocycles. The maximum Gasteiger partial charge on any atom is 0.338 e. The molecule has 1 aliphatic heterocycles. The minimum absolute atomic E-state index is 0.147. The first-order chi connectivity index (χ1) is 9.13. The summed E-state index contributed by atoms with van der Waals surface area (Å²) in [6.45, 7) is -0.147. The van der Waals surface area contributed by atoms with Gasteiger partial charge in [0, 0.05) is 7.11 Å². The fraction of sp³-hybridized carbons (Fsp3) is 0.462. The highest BCUT2D eigenvalue weighted by atomic mass is 16.7. The third kappa shape index (κ3) is 3.10. The highest BCUT2D eigenvalue weighted by Crippen LogP contribution is 2.22. The number of carbonyl (C=O) groups is 1. The molecule has 6 nitrogen and oxygen atoms in total. The molecule has 0 aliphatic carbocycles. The zero-order valence-corrected chi connectivity index (χ0v) is 10.4. The van der Waals surface area contributed by atoms with E-state index in [1.165, 1.54) is 7.11 Å². The van der Waals surface area contributed by atoms with Crippen LogP contribution in [0.4, 0.5) is 0 Å². The topological polar surface area (TPSA) is 85.2 Å². The van der Waals surface area contributed by atoms with E-state index < -0.39 is 30.6 Å². The summed E-state index contributed by atoms with van der Waals surface area (Å²) in [4.78, 5) is 11.7. The van der Waals surface area contributed by atoms with E-state index in [9.17, 15) is 15.0 Å². The molecule has 0 bridgehead atoms. The molecule has 0 amide bonds. The van der Waals surface area contributed by atoms with Gasteiger partial charge in [0.25, 0.3) is 0 Å². The zero-order valence-electron chi connectivity index (χ0n) is 10.4. The number of rotatable bonds is 4. The lowest BCUT2D eigenvalue weighted by Gasteiger charge is -2.14. The van der Waals surface area contributed by atoms with Gasteiger partial charge < -0.3 is 24.4 Å². The van der Waals surface area contributed by atoms with Crippen LogP contribution < -0.4 is 0 Å². The van der Waals surface area contributed by atoms with Gasteiger partial charge in [0.2, 0.25) is 0 Å².